The molecule has 2 N–H and O–H groups in total. The van der Waals surface area contributed by atoms with Crippen molar-refractivity contribution in [2.45, 2.75) is 25.4 Å². The van der Waals surface area contributed by atoms with Crippen molar-refractivity contribution in [3.8, 4) is 0 Å². The number of sulfonamides is 1. The van der Waals surface area contributed by atoms with Gasteiger partial charge in [0.05, 0.1) is 17.5 Å². The third kappa shape index (κ3) is 4.09. The molecular formula is C12H14F3N3O3S. The minimum Gasteiger partial charge on any atom is -0.323 e. The van der Waals surface area contributed by atoms with Crippen LogP contribution in [0.5, 0.6) is 0 Å². The molecule has 10 heteroatoms. The van der Waals surface area contributed by atoms with Crippen LogP contribution in [-0.2, 0) is 21.0 Å². The van der Waals surface area contributed by atoms with Gasteiger partial charge < -0.3 is 5.32 Å². The Morgan fingerprint density at radius 3 is 2.45 bits per heavy atom. The molecule has 0 aliphatic heterocycles. The molecule has 0 spiro atoms. The molecule has 0 unspecified atom stereocenters. The number of pyridine rings is 1. The zero-order chi connectivity index (χ0) is 16.5. The minimum absolute atomic E-state index is 0.263. The minimum atomic E-state index is -4.65. The Morgan fingerprint density at radius 1 is 1.36 bits per heavy atom. The third-order valence-corrected chi connectivity index (χ3v) is 3.80. The van der Waals surface area contributed by atoms with Crippen molar-refractivity contribution in [1.29, 1.82) is 0 Å². The molecule has 1 aromatic heterocycles. The van der Waals surface area contributed by atoms with Gasteiger partial charge in [-0.25, -0.2) is 13.4 Å². The maximum absolute atomic E-state index is 12.7. The lowest BCUT2D eigenvalue weighted by molar-refractivity contribution is -0.137. The lowest BCUT2D eigenvalue weighted by Gasteiger charge is -2.24. The van der Waals surface area contributed by atoms with E-state index in [0.29, 0.717) is 25.1 Å². The molecule has 0 aromatic carbocycles. The average Bonchev–Trinajstić information content (AvgIpc) is 2.25. The van der Waals surface area contributed by atoms with Crippen molar-refractivity contribution < 1.29 is 26.4 Å². The van der Waals surface area contributed by atoms with E-state index in [4.69, 9.17) is 0 Å². The number of carbonyl (C=O) groups is 1. The Morgan fingerprint density at radius 2 is 2.00 bits per heavy atom. The summed E-state index contributed by atoms with van der Waals surface area (Å²) in [6, 6.07) is 0.664. The van der Waals surface area contributed by atoms with E-state index in [9.17, 15) is 26.4 Å². The van der Waals surface area contributed by atoms with E-state index in [1.54, 1.807) is 0 Å². The van der Waals surface area contributed by atoms with Crippen LogP contribution in [0.4, 0.5) is 24.7 Å². The normalized spacial score (nSPS) is 16.0. The number of rotatable bonds is 4. The van der Waals surface area contributed by atoms with Crippen molar-refractivity contribution in [3.05, 3.63) is 17.8 Å². The first kappa shape index (κ1) is 16.5. The van der Waals surface area contributed by atoms with Gasteiger partial charge in [0.1, 0.15) is 0 Å². The molecule has 0 bridgehead atoms. The maximum Gasteiger partial charge on any atom is 0.417 e. The SMILES string of the molecule is CS(=O)(=O)Nc1ncc(C(F)(F)F)cc1NC(=O)C1CCC1. The van der Waals surface area contributed by atoms with Gasteiger partial charge in [-0.2, -0.15) is 13.2 Å². The number of halogens is 3. The molecule has 22 heavy (non-hydrogen) atoms. The molecule has 0 atom stereocenters. The standard InChI is InChI=1S/C12H14F3N3O3S/c1-22(20,21)18-10-9(17-11(19)7-3-2-4-7)5-8(6-16-10)12(13,14)15/h5-7H,2-4H2,1H3,(H,16,18)(H,17,19). The van der Waals surface area contributed by atoms with E-state index in [1.807, 2.05) is 4.72 Å². The summed E-state index contributed by atoms with van der Waals surface area (Å²) >= 11 is 0. The Bertz CT molecular complexity index is 685. The molecule has 2 rings (SSSR count). The van der Waals surface area contributed by atoms with Gasteiger partial charge in [0.15, 0.2) is 5.82 Å². The second kappa shape index (κ2) is 5.75. The highest BCUT2D eigenvalue weighted by atomic mass is 32.2. The van der Waals surface area contributed by atoms with Gasteiger partial charge in [0.25, 0.3) is 0 Å². The number of nitrogens with one attached hydrogen (secondary N) is 2. The van der Waals surface area contributed by atoms with Crippen LogP contribution in [-0.4, -0.2) is 25.6 Å². The topological polar surface area (TPSA) is 88.2 Å². The highest BCUT2D eigenvalue weighted by molar-refractivity contribution is 7.92. The molecule has 1 aliphatic carbocycles. The average molecular weight is 337 g/mol. The number of amides is 1. The molecular weight excluding hydrogens is 323 g/mol. The summed E-state index contributed by atoms with van der Waals surface area (Å²) in [4.78, 5) is 15.3. The molecule has 1 saturated carbocycles. The number of carbonyl (C=O) groups excluding carboxylic acids is 1. The van der Waals surface area contributed by atoms with Gasteiger partial charge in [0.2, 0.25) is 15.9 Å². The monoisotopic (exact) mass is 337 g/mol. The van der Waals surface area contributed by atoms with Crippen molar-refractivity contribution in [2.75, 3.05) is 16.3 Å². The number of anilines is 2. The Hall–Kier alpha value is -1.84. The molecule has 1 aliphatic rings. The summed E-state index contributed by atoms with van der Waals surface area (Å²) in [6.07, 6.45) is -1.10. The van der Waals surface area contributed by atoms with Gasteiger partial charge in [-0.3, -0.25) is 9.52 Å². The Labute approximate surface area is 125 Å². The fourth-order valence-electron chi connectivity index (χ4n) is 1.88. The number of nitrogens with zero attached hydrogens (tertiary/aromatic N) is 1. The summed E-state index contributed by atoms with van der Waals surface area (Å²) in [5, 5.41) is 2.32. The number of aromatic nitrogens is 1. The second-order valence-corrected chi connectivity index (χ2v) is 6.86. The largest absolute Gasteiger partial charge is 0.417 e. The van der Waals surface area contributed by atoms with Crippen LogP contribution in [0.15, 0.2) is 12.3 Å². The maximum atomic E-state index is 12.7. The van der Waals surface area contributed by atoms with Gasteiger partial charge in [0, 0.05) is 12.1 Å². The second-order valence-electron chi connectivity index (χ2n) is 5.11. The van der Waals surface area contributed by atoms with Crippen molar-refractivity contribution in [3.63, 3.8) is 0 Å². The Balaban J connectivity index is 2.33. The molecule has 6 nitrogen and oxygen atoms in total. The van der Waals surface area contributed by atoms with Crippen LogP contribution < -0.4 is 10.0 Å². The lowest BCUT2D eigenvalue weighted by atomic mass is 9.85. The van der Waals surface area contributed by atoms with Gasteiger partial charge >= 0.3 is 6.18 Å². The summed E-state index contributed by atoms with van der Waals surface area (Å²) in [5.74, 6) is -1.05. The van der Waals surface area contributed by atoms with E-state index in [0.717, 1.165) is 12.7 Å². The summed E-state index contributed by atoms with van der Waals surface area (Å²) in [5.41, 5.74) is -1.38. The number of alkyl halides is 3. The zero-order valence-electron chi connectivity index (χ0n) is 11.6. The zero-order valence-corrected chi connectivity index (χ0v) is 12.4. The van der Waals surface area contributed by atoms with E-state index >= 15 is 0 Å². The first-order valence-corrected chi connectivity index (χ1v) is 8.31. The van der Waals surface area contributed by atoms with Crippen LogP contribution in [0.3, 0.4) is 0 Å². The molecule has 1 aromatic rings. The highest BCUT2D eigenvalue weighted by Crippen LogP contribution is 2.34. The summed E-state index contributed by atoms with van der Waals surface area (Å²) in [6.45, 7) is 0. The first-order chi connectivity index (χ1) is 10.1. The van der Waals surface area contributed by atoms with E-state index in [1.165, 1.54) is 0 Å². The molecule has 122 valence electrons. The van der Waals surface area contributed by atoms with Crippen LogP contribution >= 0.6 is 0 Å². The fraction of sp³-hybridized carbons (Fsp3) is 0.500. The number of hydrogen-bond donors (Lipinski definition) is 2. The molecule has 1 heterocycles. The lowest BCUT2D eigenvalue weighted by Crippen LogP contribution is -2.29. The highest BCUT2D eigenvalue weighted by Gasteiger charge is 2.33. The summed E-state index contributed by atoms with van der Waals surface area (Å²) < 4.78 is 62.6. The first-order valence-electron chi connectivity index (χ1n) is 6.42. The van der Waals surface area contributed by atoms with E-state index in [-0.39, 0.29) is 17.4 Å². The van der Waals surface area contributed by atoms with Crippen LogP contribution in [0.25, 0.3) is 0 Å². The fourth-order valence-corrected chi connectivity index (χ4v) is 2.39. The van der Waals surface area contributed by atoms with Crippen molar-refractivity contribution in [1.82, 2.24) is 4.98 Å². The third-order valence-electron chi connectivity index (χ3n) is 3.23. The summed E-state index contributed by atoms with van der Waals surface area (Å²) in [7, 11) is -3.74. The molecule has 1 amide bonds. The van der Waals surface area contributed by atoms with Gasteiger partial charge in [-0.05, 0) is 18.9 Å². The Kier molecular flexibility index (Phi) is 4.32. The van der Waals surface area contributed by atoms with Crippen LogP contribution in [0.2, 0.25) is 0 Å². The molecule has 1 fully saturated rings. The molecule has 0 saturated heterocycles. The van der Waals surface area contributed by atoms with Gasteiger partial charge in [-0.1, -0.05) is 6.42 Å². The van der Waals surface area contributed by atoms with Crippen LogP contribution in [0, 0.1) is 5.92 Å². The van der Waals surface area contributed by atoms with Crippen molar-refractivity contribution >= 4 is 27.4 Å². The van der Waals surface area contributed by atoms with E-state index in [2.05, 4.69) is 10.3 Å². The van der Waals surface area contributed by atoms with E-state index < -0.39 is 27.7 Å². The predicted octanol–water partition coefficient (Wildman–Crippen LogP) is 2.21. The number of hydrogen-bond acceptors (Lipinski definition) is 4. The molecule has 0 radical (unpaired) electrons. The van der Waals surface area contributed by atoms with Crippen LogP contribution in [0.1, 0.15) is 24.8 Å². The quantitative estimate of drug-likeness (QED) is 0.882. The predicted molar refractivity (Wildman–Crippen MR) is 73.7 cm³/mol. The smallest absolute Gasteiger partial charge is 0.323 e. The van der Waals surface area contributed by atoms with Gasteiger partial charge in [-0.15, -0.1) is 0 Å². The van der Waals surface area contributed by atoms with Crippen molar-refractivity contribution in [2.24, 2.45) is 5.92 Å².